The molecule has 1 atom stereocenters. The number of halogens is 1. The van der Waals surface area contributed by atoms with Crippen LogP contribution in [0.5, 0.6) is 5.75 Å². The minimum Gasteiger partial charge on any atom is -0.497 e. The van der Waals surface area contributed by atoms with E-state index in [1.807, 2.05) is 4.72 Å². The van der Waals surface area contributed by atoms with E-state index in [2.05, 4.69) is 30.5 Å². The molecular formula is C28H25ClN10O11S2. The number of hydrogen-bond donors (Lipinski definition) is 4. The van der Waals surface area contributed by atoms with Gasteiger partial charge < -0.3 is 14.6 Å². The van der Waals surface area contributed by atoms with E-state index in [-0.39, 0.29) is 22.2 Å². The topological polar surface area (TPSA) is 284 Å². The number of nitrogens with zero attached hydrogens (tertiary/aromatic N) is 7. The van der Waals surface area contributed by atoms with Crippen molar-refractivity contribution < 1.29 is 42.3 Å². The van der Waals surface area contributed by atoms with Gasteiger partial charge in [0.2, 0.25) is 21.9 Å². The molecule has 5 aromatic rings. The molecule has 0 saturated carbocycles. The molecule has 21 nitrogen and oxygen atoms in total. The van der Waals surface area contributed by atoms with E-state index in [0.29, 0.717) is 27.7 Å². The molecule has 52 heavy (non-hydrogen) atoms. The summed E-state index contributed by atoms with van der Waals surface area (Å²) in [6.45, 7) is 1.99. The number of anilines is 1. The van der Waals surface area contributed by atoms with E-state index in [4.69, 9.17) is 21.1 Å². The highest BCUT2D eigenvalue weighted by atomic mass is 35.5. The van der Waals surface area contributed by atoms with E-state index in [1.54, 1.807) is 24.3 Å². The van der Waals surface area contributed by atoms with Crippen LogP contribution in [0.2, 0.25) is 5.02 Å². The highest BCUT2D eigenvalue weighted by Crippen LogP contribution is 2.35. The summed E-state index contributed by atoms with van der Waals surface area (Å²) in [5.74, 6) is -2.84. The maximum Gasteiger partial charge on any atom is 0.414 e. The van der Waals surface area contributed by atoms with Crippen LogP contribution in [-0.4, -0.2) is 79.0 Å². The first-order chi connectivity index (χ1) is 24.6. The lowest BCUT2D eigenvalue weighted by Gasteiger charge is -2.39. The largest absolute Gasteiger partial charge is 0.497 e. The van der Waals surface area contributed by atoms with Gasteiger partial charge in [-0.25, -0.2) is 32.7 Å². The maximum absolute atomic E-state index is 13.7. The summed E-state index contributed by atoms with van der Waals surface area (Å²) in [7, 11) is -3.48. The number of rotatable bonds is 13. The van der Waals surface area contributed by atoms with Crippen LogP contribution in [0.1, 0.15) is 25.8 Å². The molecule has 0 fully saturated rings. The molecule has 3 heterocycles. The molecule has 1 unspecified atom stereocenters. The minimum absolute atomic E-state index is 0.0315. The fourth-order valence-electron chi connectivity index (χ4n) is 4.79. The fourth-order valence-corrected chi connectivity index (χ4v) is 7.37. The molecule has 2 aromatic carbocycles. The van der Waals surface area contributed by atoms with E-state index in [0.717, 1.165) is 24.0 Å². The number of H-pyrrole nitrogens is 1. The summed E-state index contributed by atoms with van der Waals surface area (Å²) in [4.78, 5) is 72.8. The number of benzene rings is 2. The number of carbonyl (C=O) groups excluding carboxylic acids is 2. The van der Waals surface area contributed by atoms with Crippen molar-refractivity contribution in [2.24, 2.45) is 0 Å². The van der Waals surface area contributed by atoms with Gasteiger partial charge in [0, 0.05) is 18.0 Å². The number of imidazole rings is 1. The van der Waals surface area contributed by atoms with Gasteiger partial charge in [0.05, 0.1) is 17.6 Å². The Hall–Kier alpha value is -6.04. The number of nitro benzene ring substituents is 1. The molecule has 0 spiro atoms. The number of aliphatic carboxylic acids is 1. The Kier molecular flexibility index (Phi) is 10.5. The van der Waals surface area contributed by atoms with Gasteiger partial charge in [-0.1, -0.05) is 42.0 Å². The van der Waals surface area contributed by atoms with Crippen LogP contribution in [0.4, 0.5) is 16.4 Å². The van der Waals surface area contributed by atoms with Gasteiger partial charge in [-0.15, -0.1) is 10.2 Å². The summed E-state index contributed by atoms with van der Waals surface area (Å²) < 4.78 is 39.5. The second-order valence-electron chi connectivity index (χ2n) is 10.5. The predicted octanol–water partition coefficient (Wildman–Crippen LogP) is 2.61. The Morgan fingerprint density at radius 2 is 1.90 bits per heavy atom. The Labute approximate surface area is 300 Å². The van der Waals surface area contributed by atoms with E-state index < -0.39 is 77.7 Å². The number of nitrogens with one attached hydrogen (secondary N) is 3. The monoisotopic (exact) mass is 776 g/mol. The molecule has 4 N–H and O–H groups in total. The smallest absolute Gasteiger partial charge is 0.414 e. The average Bonchev–Trinajstić information content (AvgIpc) is 3.76. The van der Waals surface area contributed by atoms with Gasteiger partial charge in [0.15, 0.2) is 16.2 Å². The predicted molar refractivity (Wildman–Crippen MR) is 182 cm³/mol. The van der Waals surface area contributed by atoms with Crippen LogP contribution >= 0.6 is 22.9 Å². The Morgan fingerprint density at radius 3 is 2.52 bits per heavy atom. The number of sulfonamides is 1. The van der Waals surface area contributed by atoms with Gasteiger partial charge in [-0.2, -0.15) is 9.71 Å². The normalized spacial score (nSPS) is 12.5. The van der Waals surface area contributed by atoms with Crippen LogP contribution in [-0.2, 0) is 31.0 Å². The number of methoxy groups -OCH3 is 1. The number of ether oxygens (including phenoxy) is 2. The zero-order valence-electron chi connectivity index (χ0n) is 26.9. The number of fused-ring (bicyclic) bond motifs is 1. The van der Waals surface area contributed by atoms with Crippen molar-refractivity contribution >= 4 is 73.7 Å². The van der Waals surface area contributed by atoms with Crippen molar-refractivity contribution in [3.05, 3.63) is 79.8 Å². The molecule has 2 amide bonds. The zero-order valence-corrected chi connectivity index (χ0v) is 29.3. The van der Waals surface area contributed by atoms with Gasteiger partial charge in [0.1, 0.15) is 18.7 Å². The highest BCUT2D eigenvalue weighted by Gasteiger charge is 2.50. The number of carboxylic acids is 1. The third kappa shape index (κ3) is 7.36. The molecule has 3 aromatic heterocycles. The number of carboxylic acid groups (broad SMARTS) is 1. The summed E-state index contributed by atoms with van der Waals surface area (Å²) in [5.41, 5.74) is -4.64. The molecule has 272 valence electrons. The zero-order chi connectivity index (χ0) is 38.0. The SMILES string of the molecule is CCC(NS(=O)(=O)c1nnc(-c2ccc(Cl)cc2[N+](=O)[O-])s1)(C(=O)O)N(C(C)=O)n1cnc2c(=O)[nH]c(NC(=O)OCc3ccc(OC)cc3)nc21. The van der Waals surface area contributed by atoms with Crippen LogP contribution in [0.3, 0.4) is 0 Å². The van der Waals surface area contributed by atoms with Crippen molar-refractivity contribution in [2.75, 3.05) is 17.4 Å². The lowest BCUT2D eigenvalue weighted by molar-refractivity contribution is -0.384. The van der Waals surface area contributed by atoms with Crippen molar-refractivity contribution in [3.63, 3.8) is 0 Å². The minimum atomic E-state index is -4.97. The number of aromatic nitrogens is 6. The average molecular weight is 777 g/mol. The molecular weight excluding hydrogens is 752 g/mol. The molecule has 0 aliphatic carbocycles. The molecule has 0 aliphatic rings. The lowest BCUT2D eigenvalue weighted by atomic mass is 10.1. The Balaban J connectivity index is 1.48. The van der Waals surface area contributed by atoms with Gasteiger partial charge in [0.25, 0.3) is 21.3 Å². The summed E-state index contributed by atoms with van der Waals surface area (Å²) in [6, 6.07) is 10.2. The van der Waals surface area contributed by atoms with E-state index in [9.17, 15) is 42.8 Å². The Bertz CT molecular complexity index is 2380. The summed E-state index contributed by atoms with van der Waals surface area (Å²) in [6.07, 6.45) is -0.819. The Morgan fingerprint density at radius 1 is 1.19 bits per heavy atom. The highest BCUT2D eigenvalue weighted by molar-refractivity contribution is 7.91. The quantitative estimate of drug-likeness (QED) is 0.0759. The summed E-state index contributed by atoms with van der Waals surface area (Å²) >= 11 is 6.25. The van der Waals surface area contributed by atoms with Gasteiger partial charge >= 0.3 is 12.1 Å². The second kappa shape index (κ2) is 14.7. The number of hydrogen-bond acceptors (Lipinski definition) is 15. The van der Waals surface area contributed by atoms with Crippen LogP contribution in [0.15, 0.2) is 57.9 Å². The van der Waals surface area contributed by atoms with Crippen molar-refractivity contribution in [2.45, 2.75) is 36.9 Å². The van der Waals surface area contributed by atoms with Crippen molar-refractivity contribution in [3.8, 4) is 16.3 Å². The maximum atomic E-state index is 13.7. The van der Waals surface area contributed by atoms with Gasteiger partial charge in [-0.3, -0.25) is 30.0 Å². The van der Waals surface area contributed by atoms with Crippen molar-refractivity contribution in [1.29, 1.82) is 0 Å². The second-order valence-corrected chi connectivity index (χ2v) is 13.7. The van der Waals surface area contributed by atoms with Gasteiger partial charge in [-0.05, 0) is 36.2 Å². The molecule has 5 rings (SSSR count). The fraction of sp³-hybridized carbons (Fsp3) is 0.214. The molecule has 0 bridgehead atoms. The lowest BCUT2D eigenvalue weighted by Crippen LogP contribution is -2.70. The number of nitro groups is 1. The van der Waals surface area contributed by atoms with Crippen LogP contribution < -0.4 is 25.3 Å². The first kappa shape index (κ1) is 37.2. The number of aromatic amines is 1. The third-order valence-corrected chi connectivity index (χ3v) is 10.2. The van der Waals surface area contributed by atoms with Crippen LogP contribution in [0, 0.1) is 10.1 Å². The molecule has 0 radical (unpaired) electrons. The van der Waals surface area contributed by atoms with Crippen molar-refractivity contribution in [1.82, 2.24) is 34.5 Å². The number of carbonyl (C=O) groups is 3. The number of amides is 2. The first-order valence-corrected chi connectivity index (χ1v) is 17.2. The van der Waals surface area contributed by atoms with E-state index in [1.165, 1.54) is 26.2 Å². The molecule has 24 heteroatoms. The van der Waals surface area contributed by atoms with Crippen LogP contribution in [0.25, 0.3) is 21.7 Å². The molecule has 0 saturated heterocycles. The summed E-state index contributed by atoms with van der Waals surface area (Å²) in [5, 5.41) is 31.9. The van der Waals surface area contributed by atoms with E-state index >= 15 is 0 Å². The third-order valence-electron chi connectivity index (χ3n) is 7.21. The first-order valence-electron chi connectivity index (χ1n) is 14.5. The molecule has 0 aliphatic heterocycles. The standard InChI is InChI=1S/C28H25ClN10O11S2/c1-4-28(24(42)43,36-52(47,48)27-35-34-23(51-27)18-10-7-16(29)11-19(18)39(45)46)38(14(2)40)37-13-30-20-21(37)31-25(32-22(20)41)33-26(44)50-12-15-5-8-17(49-3)9-6-15/h5-11,13,36H,4,12H2,1-3H3,(H,42,43)(H2,31,32,33,41,44).